The highest BCUT2D eigenvalue weighted by molar-refractivity contribution is 7.89. The smallest absolute Gasteiger partial charge is 0.244 e. The molecule has 2 N–H and O–H groups in total. The molecule has 0 spiro atoms. The first-order valence-corrected chi connectivity index (χ1v) is 11.5. The second-order valence-corrected chi connectivity index (χ2v) is 9.67. The fraction of sp³-hybridized carbons (Fsp3) is 0.300. The molecule has 2 aromatic carbocycles. The number of carbonyl (C=O) groups excluding carboxylic acids is 2. The Balaban J connectivity index is 1.63. The minimum Gasteiger partial charge on any atom is -0.326 e. The van der Waals surface area contributed by atoms with Crippen molar-refractivity contribution in [2.45, 2.75) is 24.7 Å². The molecular formula is C20H21Cl2N3O4S. The van der Waals surface area contributed by atoms with Crippen LogP contribution in [0.2, 0.25) is 10.0 Å². The summed E-state index contributed by atoms with van der Waals surface area (Å²) in [7, 11) is -3.80. The second-order valence-electron chi connectivity index (χ2n) is 6.98. The van der Waals surface area contributed by atoms with Crippen molar-refractivity contribution >= 4 is 56.4 Å². The van der Waals surface area contributed by atoms with Crippen molar-refractivity contribution in [3.8, 4) is 0 Å². The quantitative estimate of drug-likeness (QED) is 0.691. The Bertz CT molecular complexity index is 1070. The minimum atomic E-state index is -3.80. The second kappa shape index (κ2) is 9.34. The van der Waals surface area contributed by atoms with Crippen LogP contribution in [0.5, 0.6) is 0 Å². The van der Waals surface area contributed by atoms with Crippen LogP contribution in [0.3, 0.4) is 0 Å². The topological polar surface area (TPSA) is 95.6 Å². The highest BCUT2D eigenvalue weighted by Crippen LogP contribution is 2.32. The summed E-state index contributed by atoms with van der Waals surface area (Å²) in [5, 5.41) is 5.66. The summed E-state index contributed by atoms with van der Waals surface area (Å²) in [4.78, 5) is 23.8. The Kier molecular flexibility index (Phi) is 7.02. The number of carbonyl (C=O) groups is 2. The van der Waals surface area contributed by atoms with Crippen molar-refractivity contribution in [2.24, 2.45) is 5.92 Å². The van der Waals surface area contributed by atoms with Gasteiger partial charge in [0.1, 0.15) is 4.90 Å². The molecule has 0 unspecified atom stereocenters. The maximum Gasteiger partial charge on any atom is 0.244 e. The number of piperidine rings is 1. The van der Waals surface area contributed by atoms with Gasteiger partial charge in [-0.05, 0) is 43.2 Å². The Morgan fingerprint density at radius 3 is 2.23 bits per heavy atom. The number of hydrogen-bond acceptors (Lipinski definition) is 4. The molecule has 0 bridgehead atoms. The number of sulfonamides is 1. The average Bonchev–Trinajstić information content (AvgIpc) is 2.69. The molecule has 3 rings (SSSR count). The standard InChI is InChI=1S/C20H21Cl2N3O4S/c1-13(26)23-15-4-2-5-16(12-15)24-20(27)14-8-10-25(11-9-14)30(28,29)18-7-3-6-17(21)19(18)22/h2-7,12,14H,8-11H2,1H3,(H,23,26)(H,24,27). The molecule has 1 fully saturated rings. The van der Waals surface area contributed by atoms with Crippen molar-refractivity contribution in [1.82, 2.24) is 4.31 Å². The lowest BCUT2D eigenvalue weighted by atomic mass is 9.97. The van der Waals surface area contributed by atoms with E-state index in [4.69, 9.17) is 23.2 Å². The van der Waals surface area contributed by atoms with Crippen molar-refractivity contribution in [2.75, 3.05) is 23.7 Å². The zero-order valence-corrected chi connectivity index (χ0v) is 18.5. The Morgan fingerprint density at radius 1 is 1.00 bits per heavy atom. The zero-order valence-electron chi connectivity index (χ0n) is 16.2. The molecule has 0 aromatic heterocycles. The van der Waals surface area contributed by atoms with Crippen molar-refractivity contribution < 1.29 is 18.0 Å². The lowest BCUT2D eigenvalue weighted by Crippen LogP contribution is -2.41. The van der Waals surface area contributed by atoms with Gasteiger partial charge in [0.25, 0.3) is 0 Å². The maximum absolute atomic E-state index is 12.9. The SMILES string of the molecule is CC(=O)Nc1cccc(NC(=O)C2CCN(S(=O)(=O)c3cccc(Cl)c3Cl)CC2)c1. The normalized spacial score (nSPS) is 15.6. The van der Waals surface area contributed by atoms with E-state index in [1.807, 2.05) is 0 Å². The van der Waals surface area contributed by atoms with Gasteiger partial charge >= 0.3 is 0 Å². The molecule has 1 aliphatic rings. The van der Waals surface area contributed by atoms with Crippen LogP contribution < -0.4 is 10.6 Å². The molecule has 0 aliphatic carbocycles. The lowest BCUT2D eigenvalue weighted by Gasteiger charge is -2.30. The van der Waals surface area contributed by atoms with E-state index in [0.29, 0.717) is 24.2 Å². The average molecular weight is 470 g/mol. The number of benzene rings is 2. The van der Waals surface area contributed by atoms with Gasteiger partial charge in [-0.3, -0.25) is 9.59 Å². The van der Waals surface area contributed by atoms with Crippen molar-refractivity contribution in [3.63, 3.8) is 0 Å². The molecule has 2 aromatic rings. The first kappa shape index (κ1) is 22.6. The number of hydrogen-bond donors (Lipinski definition) is 2. The van der Waals surface area contributed by atoms with E-state index in [-0.39, 0.29) is 45.8 Å². The van der Waals surface area contributed by atoms with Gasteiger partial charge < -0.3 is 10.6 Å². The molecule has 1 saturated heterocycles. The van der Waals surface area contributed by atoms with Crippen LogP contribution in [-0.4, -0.2) is 37.6 Å². The fourth-order valence-corrected chi connectivity index (χ4v) is 5.51. The monoisotopic (exact) mass is 469 g/mol. The van der Waals surface area contributed by atoms with E-state index in [1.165, 1.54) is 29.4 Å². The first-order chi connectivity index (χ1) is 14.2. The van der Waals surface area contributed by atoms with Gasteiger partial charge in [-0.1, -0.05) is 35.3 Å². The van der Waals surface area contributed by atoms with Gasteiger partial charge in [-0.2, -0.15) is 4.31 Å². The predicted molar refractivity (Wildman–Crippen MR) is 117 cm³/mol. The summed E-state index contributed by atoms with van der Waals surface area (Å²) in [6.07, 6.45) is 0.767. The van der Waals surface area contributed by atoms with Crippen LogP contribution in [0.15, 0.2) is 47.4 Å². The molecule has 1 aliphatic heterocycles. The van der Waals surface area contributed by atoms with Crippen LogP contribution in [0, 0.1) is 5.92 Å². The van der Waals surface area contributed by atoms with Crippen LogP contribution in [-0.2, 0) is 19.6 Å². The number of amides is 2. The Morgan fingerprint density at radius 2 is 1.60 bits per heavy atom. The lowest BCUT2D eigenvalue weighted by molar-refractivity contribution is -0.121. The highest BCUT2D eigenvalue weighted by Gasteiger charge is 2.33. The summed E-state index contributed by atoms with van der Waals surface area (Å²) in [6.45, 7) is 1.81. The van der Waals surface area contributed by atoms with Crippen LogP contribution in [0.1, 0.15) is 19.8 Å². The molecule has 160 valence electrons. The molecule has 0 saturated carbocycles. The summed E-state index contributed by atoms with van der Waals surface area (Å²) in [5.41, 5.74) is 1.15. The summed E-state index contributed by atoms with van der Waals surface area (Å²) in [5.74, 6) is -0.713. The first-order valence-electron chi connectivity index (χ1n) is 9.31. The van der Waals surface area contributed by atoms with Crippen LogP contribution in [0.25, 0.3) is 0 Å². The van der Waals surface area contributed by atoms with Gasteiger partial charge in [-0.25, -0.2) is 8.42 Å². The van der Waals surface area contributed by atoms with E-state index in [1.54, 1.807) is 24.3 Å². The molecule has 10 heteroatoms. The largest absolute Gasteiger partial charge is 0.326 e. The maximum atomic E-state index is 12.9. The molecule has 30 heavy (non-hydrogen) atoms. The van der Waals surface area contributed by atoms with Crippen LogP contribution in [0.4, 0.5) is 11.4 Å². The molecule has 7 nitrogen and oxygen atoms in total. The summed E-state index contributed by atoms with van der Waals surface area (Å²) >= 11 is 12.0. The Labute approximate surface area is 185 Å². The number of rotatable bonds is 5. The van der Waals surface area contributed by atoms with Crippen molar-refractivity contribution in [1.29, 1.82) is 0 Å². The highest BCUT2D eigenvalue weighted by atomic mass is 35.5. The van der Waals surface area contributed by atoms with E-state index in [9.17, 15) is 18.0 Å². The van der Waals surface area contributed by atoms with Gasteiger partial charge in [-0.15, -0.1) is 0 Å². The van der Waals surface area contributed by atoms with Gasteiger partial charge in [0.05, 0.1) is 10.0 Å². The van der Waals surface area contributed by atoms with Gasteiger partial charge in [0, 0.05) is 37.3 Å². The number of nitrogens with one attached hydrogen (secondary N) is 2. The number of halogens is 2. The predicted octanol–water partition coefficient (Wildman–Crippen LogP) is 3.99. The number of anilines is 2. The third-order valence-corrected chi connectivity index (χ3v) is 7.68. The van der Waals surface area contributed by atoms with Gasteiger partial charge in [0.15, 0.2) is 0 Å². The Hall–Kier alpha value is -2.13. The van der Waals surface area contributed by atoms with Crippen LogP contribution >= 0.6 is 23.2 Å². The zero-order chi connectivity index (χ0) is 21.9. The van der Waals surface area contributed by atoms with Gasteiger partial charge in [0.2, 0.25) is 21.8 Å². The van der Waals surface area contributed by atoms with E-state index in [0.717, 1.165) is 0 Å². The van der Waals surface area contributed by atoms with E-state index in [2.05, 4.69) is 10.6 Å². The molecular weight excluding hydrogens is 449 g/mol. The van der Waals surface area contributed by atoms with Crippen molar-refractivity contribution in [3.05, 3.63) is 52.5 Å². The summed E-state index contributed by atoms with van der Waals surface area (Å²) in [6, 6.07) is 11.3. The van der Waals surface area contributed by atoms with E-state index >= 15 is 0 Å². The third kappa shape index (κ3) is 5.13. The molecule has 0 radical (unpaired) electrons. The molecule has 2 amide bonds. The minimum absolute atomic E-state index is 0.00177. The molecule has 0 atom stereocenters. The fourth-order valence-electron chi connectivity index (χ4n) is 3.30. The summed E-state index contributed by atoms with van der Waals surface area (Å²) < 4.78 is 27.1. The number of nitrogens with zero attached hydrogens (tertiary/aromatic N) is 1. The molecule has 1 heterocycles. The third-order valence-electron chi connectivity index (χ3n) is 4.81. The van der Waals surface area contributed by atoms with E-state index < -0.39 is 10.0 Å².